The van der Waals surface area contributed by atoms with Crippen LogP contribution in [0.4, 0.5) is 11.4 Å². The van der Waals surface area contributed by atoms with Gasteiger partial charge in [0.2, 0.25) is 5.91 Å². The first-order valence-electron chi connectivity index (χ1n) is 7.82. The zero-order chi connectivity index (χ0) is 18.2. The molecule has 7 heteroatoms. The van der Waals surface area contributed by atoms with E-state index in [4.69, 9.17) is 5.73 Å². The molecular formula is C18H20N4O3. The van der Waals surface area contributed by atoms with Crippen molar-refractivity contribution >= 4 is 29.1 Å². The lowest BCUT2D eigenvalue weighted by molar-refractivity contribution is -0.114. The Morgan fingerprint density at radius 3 is 2.52 bits per heavy atom. The number of anilines is 2. The van der Waals surface area contributed by atoms with E-state index in [9.17, 15) is 14.4 Å². The number of para-hydroxylation sites is 1. The van der Waals surface area contributed by atoms with Crippen LogP contribution in [0.15, 0.2) is 48.5 Å². The quantitative estimate of drug-likeness (QED) is 0.613. The average Bonchev–Trinajstić information content (AvgIpc) is 2.60. The maximum atomic E-state index is 12.1. The Bertz CT molecular complexity index is 789. The summed E-state index contributed by atoms with van der Waals surface area (Å²) in [5, 5.41) is 8.28. The lowest BCUT2D eigenvalue weighted by Crippen LogP contribution is -2.24. The van der Waals surface area contributed by atoms with Gasteiger partial charge in [-0.2, -0.15) is 0 Å². The summed E-state index contributed by atoms with van der Waals surface area (Å²) in [5.41, 5.74) is 7.07. The van der Waals surface area contributed by atoms with Crippen LogP contribution in [0.2, 0.25) is 0 Å². The van der Waals surface area contributed by atoms with E-state index < -0.39 is 5.91 Å². The highest BCUT2D eigenvalue weighted by Crippen LogP contribution is 2.14. The van der Waals surface area contributed by atoms with Crippen molar-refractivity contribution in [1.82, 2.24) is 5.32 Å². The molecule has 2 aromatic rings. The summed E-state index contributed by atoms with van der Waals surface area (Å²) in [4.78, 5) is 35.3. The minimum absolute atomic E-state index is 0.0460. The third-order valence-corrected chi connectivity index (χ3v) is 3.38. The summed E-state index contributed by atoms with van der Waals surface area (Å²) < 4.78 is 0. The van der Waals surface area contributed by atoms with Crippen molar-refractivity contribution in [2.24, 2.45) is 5.73 Å². The number of hydrogen-bond donors (Lipinski definition) is 4. The summed E-state index contributed by atoms with van der Waals surface area (Å²) in [6.07, 6.45) is 0. The zero-order valence-corrected chi connectivity index (χ0v) is 13.8. The van der Waals surface area contributed by atoms with Crippen LogP contribution in [-0.2, 0) is 4.79 Å². The smallest absolute Gasteiger partial charge is 0.251 e. The van der Waals surface area contributed by atoms with E-state index in [1.54, 1.807) is 48.5 Å². The highest BCUT2D eigenvalue weighted by Gasteiger charge is 2.10. The summed E-state index contributed by atoms with van der Waals surface area (Å²) >= 11 is 0. The highest BCUT2D eigenvalue weighted by atomic mass is 16.2. The van der Waals surface area contributed by atoms with E-state index in [2.05, 4.69) is 16.0 Å². The Balaban J connectivity index is 1.98. The normalized spacial score (nSPS) is 9.96. The summed E-state index contributed by atoms with van der Waals surface area (Å²) in [6, 6.07) is 13.3. The second-order valence-corrected chi connectivity index (χ2v) is 5.25. The van der Waals surface area contributed by atoms with Gasteiger partial charge in [-0.15, -0.1) is 0 Å². The fourth-order valence-corrected chi connectivity index (χ4v) is 2.23. The Hall–Kier alpha value is -3.35. The number of nitrogens with one attached hydrogen (secondary N) is 3. The van der Waals surface area contributed by atoms with Crippen LogP contribution < -0.4 is 21.7 Å². The average molecular weight is 340 g/mol. The van der Waals surface area contributed by atoms with E-state index in [-0.39, 0.29) is 18.4 Å². The van der Waals surface area contributed by atoms with Gasteiger partial charge in [0.15, 0.2) is 0 Å². The molecule has 0 radical (unpaired) electrons. The molecule has 0 saturated carbocycles. The minimum Gasteiger partial charge on any atom is -0.376 e. The van der Waals surface area contributed by atoms with Gasteiger partial charge in [-0.3, -0.25) is 14.4 Å². The molecule has 3 amide bonds. The molecule has 2 aromatic carbocycles. The lowest BCUT2D eigenvalue weighted by Gasteiger charge is -2.11. The number of amides is 3. The second kappa shape index (κ2) is 8.49. The first kappa shape index (κ1) is 18.0. The lowest BCUT2D eigenvalue weighted by atomic mass is 10.1. The number of rotatable bonds is 7. The molecule has 5 N–H and O–H groups in total. The first-order chi connectivity index (χ1) is 12.0. The van der Waals surface area contributed by atoms with Crippen molar-refractivity contribution in [2.75, 3.05) is 23.7 Å². The molecule has 0 unspecified atom stereocenters. The number of hydrogen-bond acceptors (Lipinski definition) is 4. The van der Waals surface area contributed by atoms with Crippen molar-refractivity contribution in [3.05, 3.63) is 59.7 Å². The van der Waals surface area contributed by atoms with Crippen LogP contribution in [0.25, 0.3) is 0 Å². The molecule has 0 heterocycles. The second-order valence-electron chi connectivity index (χ2n) is 5.25. The number of primary amides is 1. The number of carbonyl (C=O) groups excluding carboxylic acids is 3. The molecule has 0 bridgehead atoms. The zero-order valence-electron chi connectivity index (χ0n) is 13.8. The van der Waals surface area contributed by atoms with E-state index in [1.807, 2.05) is 6.92 Å². The van der Waals surface area contributed by atoms with Crippen LogP contribution in [0.3, 0.4) is 0 Å². The molecule has 0 aromatic heterocycles. The van der Waals surface area contributed by atoms with Gasteiger partial charge >= 0.3 is 0 Å². The number of benzene rings is 2. The number of nitrogens with two attached hydrogens (primary N) is 1. The topological polar surface area (TPSA) is 113 Å². The van der Waals surface area contributed by atoms with E-state index in [1.165, 1.54) is 0 Å². The molecule has 0 aliphatic heterocycles. The third kappa shape index (κ3) is 5.07. The van der Waals surface area contributed by atoms with Crippen molar-refractivity contribution in [2.45, 2.75) is 6.92 Å². The van der Waals surface area contributed by atoms with Crippen LogP contribution >= 0.6 is 0 Å². The molecule has 0 spiro atoms. The Morgan fingerprint density at radius 1 is 1.04 bits per heavy atom. The fourth-order valence-electron chi connectivity index (χ4n) is 2.23. The van der Waals surface area contributed by atoms with Crippen LogP contribution in [0.1, 0.15) is 27.6 Å². The van der Waals surface area contributed by atoms with Crippen LogP contribution in [0.5, 0.6) is 0 Å². The highest BCUT2D eigenvalue weighted by molar-refractivity contribution is 6.00. The molecule has 25 heavy (non-hydrogen) atoms. The maximum absolute atomic E-state index is 12.1. The summed E-state index contributed by atoms with van der Waals surface area (Å²) in [5.74, 6) is -1.09. The standard InChI is InChI=1S/C18H20N4O3/c1-2-20-18(25)12-6-5-7-13(10-12)22-16(23)11-21-15-9-4-3-8-14(15)17(19)24/h3-10,21H,2,11H2,1H3,(H2,19,24)(H,20,25)(H,22,23). The van der Waals surface area contributed by atoms with Crippen molar-refractivity contribution in [1.29, 1.82) is 0 Å². The van der Waals surface area contributed by atoms with Gasteiger partial charge in [0.25, 0.3) is 11.8 Å². The van der Waals surface area contributed by atoms with Crippen LogP contribution in [-0.4, -0.2) is 30.8 Å². The molecule has 0 saturated heterocycles. The summed E-state index contributed by atoms with van der Waals surface area (Å²) in [7, 11) is 0. The van der Waals surface area contributed by atoms with Gasteiger partial charge in [-0.05, 0) is 37.3 Å². The van der Waals surface area contributed by atoms with E-state index in [0.717, 1.165) is 0 Å². The van der Waals surface area contributed by atoms with Crippen molar-refractivity contribution in [3.63, 3.8) is 0 Å². The molecule has 0 aliphatic rings. The van der Waals surface area contributed by atoms with Gasteiger partial charge in [0.1, 0.15) is 0 Å². The number of carbonyl (C=O) groups is 3. The van der Waals surface area contributed by atoms with Crippen molar-refractivity contribution < 1.29 is 14.4 Å². The van der Waals surface area contributed by atoms with E-state index in [0.29, 0.717) is 29.0 Å². The Morgan fingerprint density at radius 2 is 1.80 bits per heavy atom. The van der Waals surface area contributed by atoms with E-state index >= 15 is 0 Å². The SMILES string of the molecule is CCNC(=O)c1cccc(NC(=O)CNc2ccccc2C(N)=O)c1. The Kier molecular flexibility index (Phi) is 6.11. The van der Waals surface area contributed by atoms with Gasteiger partial charge < -0.3 is 21.7 Å². The molecule has 2 rings (SSSR count). The monoisotopic (exact) mass is 340 g/mol. The predicted molar refractivity (Wildman–Crippen MR) is 96.5 cm³/mol. The first-order valence-corrected chi connectivity index (χ1v) is 7.82. The molecule has 0 aliphatic carbocycles. The van der Waals surface area contributed by atoms with Gasteiger partial charge in [0, 0.05) is 23.5 Å². The molecule has 7 nitrogen and oxygen atoms in total. The predicted octanol–water partition coefficient (Wildman–Crippen LogP) is 1.59. The van der Waals surface area contributed by atoms with Crippen LogP contribution in [0, 0.1) is 0 Å². The fraction of sp³-hybridized carbons (Fsp3) is 0.167. The molecule has 0 fully saturated rings. The van der Waals surface area contributed by atoms with Gasteiger partial charge in [-0.25, -0.2) is 0 Å². The van der Waals surface area contributed by atoms with Gasteiger partial charge in [-0.1, -0.05) is 18.2 Å². The van der Waals surface area contributed by atoms with Crippen molar-refractivity contribution in [3.8, 4) is 0 Å². The van der Waals surface area contributed by atoms with Gasteiger partial charge in [0.05, 0.1) is 12.1 Å². The third-order valence-electron chi connectivity index (χ3n) is 3.38. The Labute approximate surface area is 145 Å². The summed E-state index contributed by atoms with van der Waals surface area (Å²) in [6.45, 7) is 2.31. The molecular weight excluding hydrogens is 320 g/mol. The molecule has 130 valence electrons. The molecule has 0 atom stereocenters. The maximum Gasteiger partial charge on any atom is 0.251 e. The largest absolute Gasteiger partial charge is 0.376 e. The minimum atomic E-state index is -0.571.